The fourth-order valence-electron chi connectivity index (χ4n) is 3.01. The van der Waals surface area contributed by atoms with Crippen LogP contribution in [0.3, 0.4) is 0 Å². The van der Waals surface area contributed by atoms with Crippen LogP contribution < -0.4 is 0 Å². The molecule has 6 heteroatoms. The predicted molar refractivity (Wildman–Crippen MR) is 85.9 cm³/mol. The van der Waals surface area contributed by atoms with Gasteiger partial charge in [-0.05, 0) is 40.7 Å². The molecule has 0 aromatic rings. The number of β-amino-alcohol motifs (C(OH)–C–C–N with tert-alkyl or cyclic N) is 1. The molecular formula is C16H31N3O3. The summed E-state index contributed by atoms with van der Waals surface area (Å²) in [5.74, 6) is 0. The second-order valence-electron chi connectivity index (χ2n) is 7.77. The minimum Gasteiger partial charge on any atom is -0.444 e. The summed E-state index contributed by atoms with van der Waals surface area (Å²) in [5, 5.41) is 10.8. The SMILES string of the molecule is CN1CCN(CC2(O)CCN(C(=O)OC(C)(C)C)CC2)CC1. The molecule has 1 N–H and O–H groups in total. The molecule has 2 aliphatic rings. The van der Waals surface area contributed by atoms with Gasteiger partial charge in [0.1, 0.15) is 5.60 Å². The Balaban J connectivity index is 1.79. The van der Waals surface area contributed by atoms with Gasteiger partial charge in [0.15, 0.2) is 0 Å². The van der Waals surface area contributed by atoms with E-state index in [4.69, 9.17) is 4.74 Å². The molecule has 0 aromatic heterocycles. The third kappa shape index (κ3) is 5.11. The lowest BCUT2D eigenvalue weighted by Crippen LogP contribution is -2.55. The van der Waals surface area contributed by atoms with E-state index < -0.39 is 11.2 Å². The van der Waals surface area contributed by atoms with Crippen LogP contribution in [0.15, 0.2) is 0 Å². The van der Waals surface area contributed by atoms with Crippen LogP contribution in [0.1, 0.15) is 33.6 Å². The normalized spacial score (nSPS) is 24.3. The summed E-state index contributed by atoms with van der Waals surface area (Å²) in [6, 6.07) is 0. The average molecular weight is 313 g/mol. The van der Waals surface area contributed by atoms with Gasteiger partial charge in [-0.3, -0.25) is 4.90 Å². The van der Waals surface area contributed by atoms with Crippen molar-refractivity contribution in [3.8, 4) is 0 Å². The Hall–Kier alpha value is -0.850. The van der Waals surface area contributed by atoms with Gasteiger partial charge in [-0.1, -0.05) is 0 Å². The van der Waals surface area contributed by atoms with Gasteiger partial charge < -0.3 is 19.6 Å². The molecule has 2 heterocycles. The third-order valence-electron chi connectivity index (χ3n) is 4.46. The lowest BCUT2D eigenvalue weighted by atomic mass is 9.90. The molecule has 0 aromatic carbocycles. The molecule has 0 radical (unpaired) electrons. The van der Waals surface area contributed by atoms with Gasteiger partial charge in [0.05, 0.1) is 5.60 Å². The van der Waals surface area contributed by atoms with Gasteiger partial charge in [-0.25, -0.2) is 4.79 Å². The van der Waals surface area contributed by atoms with Crippen LogP contribution in [0.4, 0.5) is 4.79 Å². The summed E-state index contributed by atoms with van der Waals surface area (Å²) in [6.07, 6.45) is 0.978. The minimum absolute atomic E-state index is 0.269. The van der Waals surface area contributed by atoms with Crippen molar-refractivity contribution in [1.29, 1.82) is 0 Å². The number of aliphatic hydroxyl groups is 1. The second kappa shape index (κ2) is 6.72. The lowest BCUT2D eigenvalue weighted by Gasteiger charge is -2.42. The van der Waals surface area contributed by atoms with Gasteiger partial charge in [0.25, 0.3) is 0 Å². The van der Waals surface area contributed by atoms with Crippen LogP contribution in [0, 0.1) is 0 Å². The maximum atomic E-state index is 12.1. The Morgan fingerprint density at radius 3 is 2.14 bits per heavy atom. The molecule has 0 bridgehead atoms. The van der Waals surface area contributed by atoms with Crippen molar-refractivity contribution in [1.82, 2.24) is 14.7 Å². The molecule has 1 amide bonds. The Kier molecular flexibility index (Phi) is 5.35. The molecule has 6 nitrogen and oxygen atoms in total. The molecule has 0 saturated carbocycles. The number of piperazine rings is 1. The van der Waals surface area contributed by atoms with E-state index in [9.17, 15) is 9.90 Å². The van der Waals surface area contributed by atoms with Gasteiger partial charge >= 0.3 is 6.09 Å². The highest BCUT2D eigenvalue weighted by atomic mass is 16.6. The molecule has 0 spiro atoms. The van der Waals surface area contributed by atoms with Crippen LogP contribution in [-0.4, -0.2) is 90.0 Å². The lowest BCUT2D eigenvalue weighted by molar-refractivity contribution is -0.0550. The van der Waals surface area contributed by atoms with E-state index in [1.807, 2.05) is 20.8 Å². The first kappa shape index (κ1) is 17.5. The number of amides is 1. The van der Waals surface area contributed by atoms with Crippen molar-refractivity contribution >= 4 is 6.09 Å². The number of carbonyl (C=O) groups is 1. The molecule has 2 saturated heterocycles. The standard InChI is InChI=1S/C16H31N3O3/c1-15(2,3)22-14(20)19-7-5-16(21,6-8-19)13-18-11-9-17(4)10-12-18/h21H,5-13H2,1-4H3. The van der Waals surface area contributed by atoms with E-state index in [-0.39, 0.29) is 6.09 Å². The summed E-state index contributed by atoms with van der Waals surface area (Å²) in [5.41, 5.74) is -1.14. The van der Waals surface area contributed by atoms with Gasteiger partial charge in [-0.15, -0.1) is 0 Å². The number of likely N-dealkylation sites (tertiary alicyclic amines) is 1. The first-order chi connectivity index (χ1) is 10.2. The second-order valence-corrected chi connectivity index (χ2v) is 7.77. The zero-order chi connectivity index (χ0) is 16.4. The molecule has 2 rings (SSSR count). The van der Waals surface area contributed by atoms with E-state index in [2.05, 4.69) is 16.8 Å². The molecule has 2 fully saturated rings. The van der Waals surface area contributed by atoms with E-state index in [0.717, 1.165) is 26.2 Å². The van der Waals surface area contributed by atoms with Crippen LogP contribution in [0.5, 0.6) is 0 Å². The monoisotopic (exact) mass is 313 g/mol. The number of piperidine rings is 1. The van der Waals surface area contributed by atoms with Crippen LogP contribution >= 0.6 is 0 Å². The van der Waals surface area contributed by atoms with Crippen LogP contribution in [0.25, 0.3) is 0 Å². The van der Waals surface area contributed by atoms with Crippen molar-refractivity contribution in [3.05, 3.63) is 0 Å². The highest BCUT2D eigenvalue weighted by Crippen LogP contribution is 2.25. The summed E-state index contributed by atoms with van der Waals surface area (Å²) < 4.78 is 5.40. The van der Waals surface area contributed by atoms with Crippen molar-refractivity contribution in [2.75, 3.05) is 52.9 Å². The highest BCUT2D eigenvalue weighted by Gasteiger charge is 2.37. The van der Waals surface area contributed by atoms with Gasteiger partial charge in [0.2, 0.25) is 0 Å². The molecule has 0 atom stereocenters. The summed E-state index contributed by atoms with van der Waals surface area (Å²) in [4.78, 5) is 18.4. The molecular weight excluding hydrogens is 282 g/mol. The Bertz CT molecular complexity index is 379. The molecule has 22 heavy (non-hydrogen) atoms. The van der Waals surface area contributed by atoms with E-state index in [1.54, 1.807) is 4.90 Å². The smallest absolute Gasteiger partial charge is 0.410 e. The number of rotatable bonds is 2. The highest BCUT2D eigenvalue weighted by molar-refractivity contribution is 5.68. The Labute approximate surface area is 134 Å². The average Bonchev–Trinajstić information content (AvgIpc) is 2.40. The van der Waals surface area contributed by atoms with Crippen molar-refractivity contribution in [2.45, 2.75) is 44.8 Å². The van der Waals surface area contributed by atoms with E-state index >= 15 is 0 Å². The van der Waals surface area contributed by atoms with Crippen molar-refractivity contribution in [3.63, 3.8) is 0 Å². The third-order valence-corrected chi connectivity index (χ3v) is 4.46. The summed E-state index contributed by atoms with van der Waals surface area (Å²) in [7, 11) is 2.13. The molecule has 128 valence electrons. The largest absolute Gasteiger partial charge is 0.444 e. The topological polar surface area (TPSA) is 56.2 Å². The van der Waals surface area contributed by atoms with E-state index in [0.29, 0.717) is 32.5 Å². The van der Waals surface area contributed by atoms with Gasteiger partial charge in [-0.2, -0.15) is 0 Å². The molecule has 0 unspecified atom stereocenters. The maximum absolute atomic E-state index is 12.1. The molecule has 2 aliphatic heterocycles. The quantitative estimate of drug-likeness (QED) is 0.824. The predicted octanol–water partition coefficient (Wildman–Crippen LogP) is 0.996. The zero-order valence-electron chi connectivity index (χ0n) is 14.5. The first-order valence-electron chi connectivity index (χ1n) is 8.28. The fourth-order valence-corrected chi connectivity index (χ4v) is 3.01. The fraction of sp³-hybridized carbons (Fsp3) is 0.938. The van der Waals surface area contributed by atoms with Crippen molar-refractivity contribution in [2.24, 2.45) is 0 Å². The molecule has 0 aliphatic carbocycles. The number of hydrogen-bond acceptors (Lipinski definition) is 5. The van der Waals surface area contributed by atoms with Crippen LogP contribution in [0.2, 0.25) is 0 Å². The summed E-state index contributed by atoms with van der Waals surface area (Å²) >= 11 is 0. The van der Waals surface area contributed by atoms with E-state index in [1.165, 1.54) is 0 Å². The van der Waals surface area contributed by atoms with Crippen LogP contribution in [-0.2, 0) is 4.74 Å². The zero-order valence-corrected chi connectivity index (χ0v) is 14.5. The number of ether oxygens (including phenoxy) is 1. The number of nitrogens with zero attached hydrogens (tertiary/aromatic N) is 3. The maximum Gasteiger partial charge on any atom is 0.410 e. The number of likely N-dealkylation sites (N-methyl/N-ethyl adjacent to an activating group) is 1. The van der Waals surface area contributed by atoms with Crippen molar-refractivity contribution < 1.29 is 14.6 Å². The number of hydrogen-bond donors (Lipinski definition) is 1. The Morgan fingerprint density at radius 2 is 1.64 bits per heavy atom. The van der Waals surface area contributed by atoms with Gasteiger partial charge in [0, 0.05) is 45.8 Å². The minimum atomic E-state index is -0.672. The Morgan fingerprint density at radius 1 is 1.09 bits per heavy atom. The summed E-state index contributed by atoms with van der Waals surface area (Å²) in [6.45, 7) is 11.6. The number of carbonyl (C=O) groups excluding carboxylic acids is 1. The first-order valence-corrected chi connectivity index (χ1v) is 8.28.